The van der Waals surface area contributed by atoms with Crippen LogP contribution in [0.25, 0.3) is 10.9 Å². The molecule has 0 atom stereocenters. The molecule has 0 spiro atoms. The highest BCUT2D eigenvalue weighted by atomic mass is 35.5. The first-order valence-corrected chi connectivity index (χ1v) is 9.24. The molecule has 1 aliphatic carbocycles. The Morgan fingerprint density at radius 1 is 1.24 bits per heavy atom. The lowest BCUT2D eigenvalue weighted by atomic mass is 10.1. The van der Waals surface area contributed by atoms with Crippen LogP contribution in [0.3, 0.4) is 0 Å². The maximum absolute atomic E-state index is 6.61. The summed E-state index contributed by atoms with van der Waals surface area (Å²) in [5, 5.41) is 1.50. The predicted octanol–water partition coefficient (Wildman–Crippen LogP) is 3.49. The summed E-state index contributed by atoms with van der Waals surface area (Å²) in [6.45, 7) is 4.98. The van der Waals surface area contributed by atoms with Gasteiger partial charge in [0.1, 0.15) is 23.1 Å². The SMILES string of the molecule is COc1cc(C2CC2)nc2c(Cl)c(OCCN3CCOCC3)ccc12. The largest absolute Gasteiger partial charge is 0.496 e. The quantitative estimate of drug-likeness (QED) is 0.787. The Morgan fingerprint density at radius 3 is 2.76 bits per heavy atom. The number of nitrogens with zero attached hydrogens (tertiary/aromatic N) is 2. The maximum atomic E-state index is 6.61. The lowest BCUT2D eigenvalue weighted by Crippen LogP contribution is -2.38. The fourth-order valence-corrected chi connectivity index (χ4v) is 3.47. The van der Waals surface area contributed by atoms with E-state index >= 15 is 0 Å². The molecule has 0 N–H and O–H groups in total. The van der Waals surface area contributed by atoms with Crippen molar-refractivity contribution < 1.29 is 14.2 Å². The van der Waals surface area contributed by atoms with Crippen LogP contribution >= 0.6 is 11.6 Å². The van der Waals surface area contributed by atoms with Gasteiger partial charge in [-0.15, -0.1) is 0 Å². The molecule has 1 aromatic carbocycles. The van der Waals surface area contributed by atoms with Gasteiger partial charge in [-0.05, 0) is 25.0 Å². The number of benzene rings is 1. The molecular weight excluding hydrogens is 340 g/mol. The van der Waals surface area contributed by atoms with Gasteiger partial charge >= 0.3 is 0 Å². The number of fused-ring (bicyclic) bond motifs is 1. The highest BCUT2D eigenvalue weighted by Crippen LogP contribution is 2.43. The molecule has 1 saturated heterocycles. The molecule has 6 heteroatoms. The number of halogens is 1. The van der Waals surface area contributed by atoms with Crippen LogP contribution in [0.5, 0.6) is 11.5 Å². The van der Waals surface area contributed by atoms with Crippen molar-refractivity contribution in [3.05, 3.63) is 28.9 Å². The van der Waals surface area contributed by atoms with Gasteiger partial charge in [-0.25, -0.2) is 0 Å². The van der Waals surface area contributed by atoms with Gasteiger partial charge < -0.3 is 14.2 Å². The highest BCUT2D eigenvalue weighted by molar-refractivity contribution is 6.36. The van der Waals surface area contributed by atoms with Gasteiger partial charge in [0.25, 0.3) is 0 Å². The number of methoxy groups -OCH3 is 1. The van der Waals surface area contributed by atoms with Crippen LogP contribution in [-0.4, -0.2) is 56.4 Å². The Balaban J connectivity index is 1.54. The molecule has 1 aromatic heterocycles. The molecule has 2 heterocycles. The molecule has 1 aliphatic heterocycles. The molecule has 2 aromatic rings. The molecular formula is C19H23ClN2O3. The van der Waals surface area contributed by atoms with Gasteiger partial charge in [-0.3, -0.25) is 9.88 Å². The van der Waals surface area contributed by atoms with Gasteiger partial charge in [0, 0.05) is 42.7 Å². The first-order valence-electron chi connectivity index (χ1n) is 8.86. The van der Waals surface area contributed by atoms with E-state index in [-0.39, 0.29) is 0 Å². The van der Waals surface area contributed by atoms with Crippen LogP contribution in [0.2, 0.25) is 5.02 Å². The average Bonchev–Trinajstić information content (AvgIpc) is 3.49. The van der Waals surface area contributed by atoms with Crippen LogP contribution in [-0.2, 0) is 4.74 Å². The summed E-state index contributed by atoms with van der Waals surface area (Å²) in [4.78, 5) is 7.12. The van der Waals surface area contributed by atoms with E-state index < -0.39 is 0 Å². The number of pyridine rings is 1. The van der Waals surface area contributed by atoms with Crippen molar-refractivity contribution in [3.63, 3.8) is 0 Å². The van der Waals surface area contributed by atoms with Gasteiger partial charge in [0.15, 0.2) is 0 Å². The van der Waals surface area contributed by atoms with Gasteiger partial charge in [-0.1, -0.05) is 11.6 Å². The minimum Gasteiger partial charge on any atom is -0.496 e. The second-order valence-corrected chi connectivity index (χ2v) is 6.98. The molecule has 1 saturated carbocycles. The summed E-state index contributed by atoms with van der Waals surface area (Å²) in [5.41, 5.74) is 1.84. The Kier molecular flexibility index (Phi) is 4.97. The molecule has 0 bridgehead atoms. The molecule has 2 fully saturated rings. The highest BCUT2D eigenvalue weighted by Gasteiger charge is 2.27. The molecule has 5 nitrogen and oxygen atoms in total. The fourth-order valence-electron chi connectivity index (χ4n) is 3.21. The normalized spacial score (nSPS) is 18.5. The maximum Gasteiger partial charge on any atom is 0.140 e. The third-order valence-electron chi connectivity index (χ3n) is 4.85. The third kappa shape index (κ3) is 3.68. The van der Waals surface area contributed by atoms with E-state index in [0.29, 0.717) is 23.3 Å². The lowest BCUT2D eigenvalue weighted by Gasteiger charge is -2.26. The van der Waals surface area contributed by atoms with Crippen LogP contribution in [0.15, 0.2) is 18.2 Å². The number of aromatic nitrogens is 1. The smallest absolute Gasteiger partial charge is 0.140 e. The third-order valence-corrected chi connectivity index (χ3v) is 5.22. The Bertz CT molecular complexity index is 758. The van der Waals surface area contributed by atoms with Crippen LogP contribution < -0.4 is 9.47 Å². The zero-order valence-electron chi connectivity index (χ0n) is 14.5. The van der Waals surface area contributed by atoms with Crippen molar-refractivity contribution in [3.8, 4) is 11.5 Å². The van der Waals surface area contributed by atoms with Crippen molar-refractivity contribution in [2.24, 2.45) is 0 Å². The van der Waals surface area contributed by atoms with Crippen molar-refractivity contribution in [1.29, 1.82) is 0 Å². The van der Waals surface area contributed by atoms with Crippen LogP contribution in [0.1, 0.15) is 24.5 Å². The second kappa shape index (κ2) is 7.36. The number of morpholine rings is 1. The summed E-state index contributed by atoms with van der Waals surface area (Å²) in [6.07, 6.45) is 2.38. The molecule has 4 rings (SSSR count). The minimum atomic E-state index is 0.542. The molecule has 134 valence electrons. The Morgan fingerprint density at radius 2 is 2.04 bits per heavy atom. The van der Waals surface area contributed by atoms with Gasteiger partial charge in [0.05, 0.1) is 25.8 Å². The minimum absolute atomic E-state index is 0.542. The summed E-state index contributed by atoms with van der Waals surface area (Å²) < 4.78 is 16.9. The summed E-state index contributed by atoms with van der Waals surface area (Å²) >= 11 is 6.61. The topological polar surface area (TPSA) is 43.8 Å². The summed E-state index contributed by atoms with van der Waals surface area (Å²) in [6, 6.07) is 5.92. The second-order valence-electron chi connectivity index (χ2n) is 6.60. The van der Waals surface area contributed by atoms with Gasteiger partial charge in [-0.2, -0.15) is 0 Å². The predicted molar refractivity (Wildman–Crippen MR) is 98.0 cm³/mol. The van der Waals surface area contributed by atoms with Crippen molar-refractivity contribution in [2.75, 3.05) is 46.6 Å². The van der Waals surface area contributed by atoms with Crippen LogP contribution in [0.4, 0.5) is 0 Å². The van der Waals surface area contributed by atoms with E-state index in [1.54, 1.807) is 7.11 Å². The molecule has 2 aliphatic rings. The van der Waals surface area contributed by atoms with E-state index in [1.807, 2.05) is 18.2 Å². The zero-order chi connectivity index (χ0) is 17.2. The molecule has 0 amide bonds. The monoisotopic (exact) mass is 362 g/mol. The lowest BCUT2D eigenvalue weighted by molar-refractivity contribution is 0.0322. The van der Waals surface area contributed by atoms with Crippen molar-refractivity contribution in [2.45, 2.75) is 18.8 Å². The number of hydrogen-bond donors (Lipinski definition) is 0. The van der Waals surface area contributed by atoms with Crippen molar-refractivity contribution >= 4 is 22.5 Å². The standard InChI is InChI=1S/C19H23ClN2O3/c1-23-17-12-15(13-2-3-13)21-19-14(17)4-5-16(18(19)20)25-11-8-22-6-9-24-10-7-22/h4-5,12-13H,2-3,6-11H2,1H3. The number of hydrogen-bond acceptors (Lipinski definition) is 5. The van der Waals surface area contributed by atoms with E-state index in [0.717, 1.165) is 55.2 Å². The molecule has 0 unspecified atom stereocenters. The van der Waals surface area contributed by atoms with Crippen molar-refractivity contribution in [1.82, 2.24) is 9.88 Å². The summed E-state index contributed by atoms with van der Waals surface area (Å²) in [7, 11) is 1.69. The Hall–Kier alpha value is -1.56. The molecule has 0 radical (unpaired) electrons. The fraction of sp³-hybridized carbons (Fsp3) is 0.526. The Labute approximate surface area is 152 Å². The van der Waals surface area contributed by atoms with E-state index in [2.05, 4.69) is 4.90 Å². The number of ether oxygens (including phenoxy) is 3. The van der Waals surface area contributed by atoms with Gasteiger partial charge in [0.2, 0.25) is 0 Å². The number of rotatable bonds is 6. The average molecular weight is 363 g/mol. The van der Waals surface area contributed by atoms with Crippen LogP contribution in [0, 0.1) is 0 Å². The van der Waals surface area contributed by atoms with E-state index in [4.69, 9.17) is 30.8 Å². The van der Waals surface area contributed by atoms with E-state index in [9.17, 15) is 0 Å². The van der Waals surface area contributed by atoms with E-state index in [1.165, 1.54) is 12.8 Å². The first kappa shape index (κ1) is 16.9. The zero-order valence-corrected chi connectivity index (χ0v) is 15.2. The molecule has 25 heavy (non-hydrogen) atoms. The first-order chi connectivity index (χ1) is 12.3. The summed E-state index contributed by atoms with van der Waals surface area (Å²) in [5.74, 6) is 2.05.